The molecular formula is C16H15ClO. The number of ketones is 1. The van der Waals surface area contributed by atoms with Crippen molar-refractivity contribution < 1.29 is 4.79 Å². The van der Waals surface area contributed by atoms with Gasteiger partial charge in [0.1, 0.15) is 0 Å². The van der Waals surface area contributed by atoms with Crippen molar-refractivity contribution in [3.63, 3.8) is 0 Å². The molecule has 0 heterocycles. The van der Waals surface area contributed by atoms with Gasteiger partial charge in [0.2, 0.25) is 0 Å². The molecule has 0 aromatic heterocycles. The van der Waals surface area contributed by atoms with Gasteiger partial charge in [0.15, 0.2) is 5.78 Å². The molecular weight excluding hydrogens is 244 g/mol. The van der Waals surface area contributed by atoms with Crippen LogP contribution in [0, 0.1) is 20.8 Å². The Kier molecular flexibility index (Phi) is 3.53. The van der Waals surface area contributed by atoms with E-state index in [2.05, 4.69) is 0 Å². The Morgan fingerprint density at radius 1 is 0.944 bits per heavy atom. The van der Waals surface area contributed by atoms with E-state index in [1.165, 1.54) is 0 Å². The van der Waals surface area contributed by atoms with E-state index in [1.807, 2.05) is 51.1 Å². The average molecular weight is 259 g/mol. The lowest BCUT2D eigenvalue weighted by atomic mass is 9.94. The van der Waals surface area contributed by atoms with E-state index in [0.29, 0.717) is 10.6 Å². The maximum Gasteiger partial charge on any atom is 0.193 e. The molecule has 0 spiro atoms. The molecule has 0 aliphatic heterocycles. The van der Waals surface area contributed by atoms with E-state index in [-0.39, 0.29) is 5.78 Å². The van der Waals surface area contributed by atoms with Gasteiger partial charge in [0.25, 0.3) is 0 Å². The van der Waals surface area contributed by atoms with Gasteiger partial charge in [-0.05, 0) is 43.5 Å². The number of hydrogen-bond acceptors (Lipinski definition) is 1. The third kappa shape index (κ3) is 2.32. The second kappa shape index (κ2) is 4.95. The Bertz CT molecular complexity index is 594. The zero-order valence-electron chi connectivity index (χ0n) is 10.8. The van der Waals surface area contributed by atoms with Crippen molar-refractivity contribution in [3.05, 3.63) is 69.2 Å². The largest absolute Gasteiger partial charge is 0.289 e. The molecule has 0 fully saturated rings. The number of halogens is 1. The molecule has 0 bridgehead atoms. The summed E-state index contributed by atoms with van der Waals surface area (Å²) in [5, 5.41) is 0.632. The van der Waals surface area contributed by atoms with E-state index < -0.39 is 0 Å². The second-order valence-corrected chi connectivity index (χ2v) is 4.97. The first-order chi connectivity index (χ1) is 8.50. The van der Waals surface area contributed by atoms with Gasteiger partial charge < -0.3 is 0 Å². The predicted molar refractivity (Wildman–Crippen MR) is 75.5 cm³/mol. The van der Waals surface area contributed by atoms with Crippen LogP contribution in [0.4, 0.5) is 0 Å². The quantitative estimate of drug-likeness (QED) is 0.725. The van der Waals surface area contributed by atoms with Crippen LogP contribution in [-0.2, 0) is 0 Å². The van der Waals surface area contributed by atoms with Crippen LogP contribution in [0.15, 0.2) is 36.4 Å². The van der Waals surface area contributed by atoms with Gasteiger partial charge in [-0.2, -0.15) is 0 Å². The Morgan fingerprint density at radius 3 is 2.11 bits per heavy atom. The summed E-state index contributed by atoms with van der Waals surface area (Å²) in [4.78, 5) is 12.5. The van der Waals surface area contributed by atoms with Crippen LogP contribution in [0.2, 0.25) is 5.02 Å². The zero-order valence-corrected chi connectivity index (χ0v) is 11.5. The maximum absolute atomic E-state index is 12.5. The fourth-order valence-electron chi connectivity index (χ4n) is 2.05. The molecule has 0 aliphatic carbocycles. The SMILES string of the molecule is Cc1ccc(C(=O)c2c(C)cccc2C)cc1Cl. The molecule has 2 heteroatoms. The molecule has 0 aliphatic rings. The molecule has 2 rings (SSSR count). The third-order valence-corrected chi connectivity index (χ3v) is 3.55. The first kappa shape index (κ1) is 12.8. The summed E-state index contributed by atoms with van der Waals surface area (Å²) in [6, 6.07) is 11.3. The van der Waals surface area contributed by atoms with Gasteiger partial charge in [-0.15, -0.1) is 0 Å². The van der Waals surface area contributed by atoms with Crippen LogP contribution in [-0.4, -0.2) is 5.78 Å². The minimum Gasteiger partial charge on any atom is -0.289 e. The minimum absolute atomic E-state index is 0.0347. The number of aryl methyl sites for hydroxylation is 3. The summed E-state index contributed by atoms with van der Waals surface area (Å²) in [7, 11) is 0. The smallest absolute Gasteiger partial charge is 0.193 e. The van der Waals surface area contributed by atoms with Crippen molar-refractivity contribution in [2.75, 3.05) is 0 Å². The molecule has 0 saturated heterocycles. The highest BCUT2D eigenvalue weighted by Gasteiger charge is 2.14. The van der Waals surface area contributed by atoms with Gasteiger partial charge in [-0.25, -0.2) is 0 Å². The summed E-state index contributed by atoms with van der Waals surface area (Å²) in [5.41, 5.74) is 4.39. The topological polar surface area (TPSA) is 17.1 Å². The van der Waals surface area contributed by atoms with Gasteiger partial charge in [-0.3, -0.25) is 4.79 Å². The first-order valence-electron chi connectivity index (χ1n) is 5.88. The van der Waals surface area contributed by atoms with Crippen molar-refractivity contribution in [1.82, 2.24) is 0 Å². The lowest BCUT2D eigenvalue weighted by Crippen LogP contribution is -2.06. The van der Waals surface area contributed by atoms with Crippen molar-refractivity contribution in [3.8, 4) is 0 Å². The summed E-state index contributed by atoms with van der Waals surface area (Å²) in [5.74, 6) is 0.0347. The molecule has 92 valence electrons. The summed E-state index contributed by atoms with van der Waals surface area (Å²) < 4.78 is 0. The lowest BCUT2D eigenvalue weighted by Gasteiger charge is -2.09. The second-order valence-electron chi connectivity index (χ2n) is 4.56. The molecule has 0 atom stereocenters. The monoisotopic (exact) mass is 258 g/mol. The molecule has 1 nitrogen and oxygen atoms in total. The lowest BCUT2D eigenvalue weighted by molar-refractivity contribution is 0.103. The highest BCUT2D eigenvalue weighted by molar-refractivity contribution is 6.32. The molecule has 18 heavy (non-hydrogen) atoms. The van der Waals surface area contributed by atoms with Gasteiger partial charge in [0, 0.05) is 16.1 Å². The first-order valence-corrected chi connectivity index (χ1v) is 6.25. The van der Waals surface area contributed by atoms with Gasteiger partial charge in [-0.1, -0.05) is 41.9 Å². The molecule has 0 amide bonds. The van der Waals surface area contributed by atoms with Crippen LogP contribution >= 0.6 is 11.6 Å². The normalized spacial score (nSPS) is 10.4. The Morgan fingerprint density at radius 2 is 1.56 bits per heavy atom. The molecule has 2 aromatic rings. The highest BCUT2D eigenvalue weighted by atomic mass is 35.5. The number of rotatable bonds is 2. The molecule has 0 unspecified atom stereocenters. The highest BCUT2D eigenvalue weighted by Crippen LogP contribution is 2.22. The van der Waals surface area contributed by atoms with Crippen LogP contribution in [0.25, 0.3) is 0 Å². The molecule has 0 N–H and O–H groups in total. The number of hydrogen-bond donors (Lipinski definition) is 0. The Balaban J connectivity index is 2.51. The van der Waals surface area contributed by atoms with E-state index in [1.54, 1.807) is 6.07 Å². The zero-order chi connectivity index (χ0) is 13.3. The van der Waals surface area contributed by atoms with Crippen LogP contribution in [0.1, 0.15) is 32.6 Å². The maximum atomic E-state index is 12.5. The van der Waals surface area contributed by atoms with Crippen LogP contribution in [0.5, 0.6) is 0 Å². The van der Waals surface area contributed by atoms with Crippen LogP contribution < -0.4 is 0 Å². The number of carbonyl (C=O) groups is 1. The standard InChI is InChI=1S/C16H15ClO/c1-10-7-8-13(9-14(10)17)16(18)15-11(2)5-4-6-12(15)3/h4-9H,1-3H3. The minimum atomic E-state index is 0.0347. The molecule has 2 aromatic carbocycles. The predicted octanol–water partition coefficient (Wildman–Crippen LogP) is 4.50. The third-order valence-electron chi connectivity index (χ3n) is 3.14. The van der Waals surface area contributed by atoms with E-state index in [4.69, 9.17) is 11.6 Å². The summed E-state index contributed by atoms with van der Waals surface area (Å²) in [6.07, 6.45) is 0. The average Bonchev–Trinajstić information content (AvgIpc) is 2.32. The van der Waals surface area contributed by atoms with Crippen molar-refractivity contribution >= 4 is 17.4 Å². The fourth-order valence-corrected chi connectivity index (χ4v) is 2.23. The molecule has 0 saturated carbocycles. The molecule has 0 radical (unpaired) electrons. The van der Waals surface area contributed by atoms with Gasteiger partial charge in [0.05, 0.1) is 0 Å². The number of carbonyl (C=O) groups excluding carboxylic acids is 1. The van der Waals surface area contributed by atoms with E-state index >= 15 is 0 Å². The fraction of sp³-hybridized carbons (Fsp3) is 0.188. The summed E-state index contributed by atoms with van der Waals surface area (Å²) >= 11 is 6.07. The number of benzene rings is 2. The Hall–Kier alpha value is -1.60. The van der Waals surface area contributed by atoms with Crippen molar-refractivity contribution in [1.29, 1.82) is 0 Å². The van der Waals surface area contributed by atoms with Crippen LogP contribution in [0.3, 0.4) is 0 Å². The van der Waals surface area contributed by atoms with E-state index in [0.717, 1.165) is 22.3 Å². The van der Waals surface area contributed by atoms with Crippen molar-refractivity contribution in [2.45, 2.75) is 20.8 Å². The Labute approximate surface area is 112 Å². The van der Waals surface area contributed by atoms with Crippen molar-refractivity contribution in [2.24, 2.45) is 0 Å². The van der Waals surface area contributed by atoms with Gasteiger partial charge >= 0.3 is 0 Å². The van der Waals surface area contributed by atoms with E-state index in [9.17, 15) is 4.79 Å². The summed E-state index contributed by atoms with van der Waals surface area (Å²) in [6.45, 7) is 5.83.